The van der Waals surface area contributed by atoms with Gasteiger partial charge in [-0.1, -0.05) is 0 Å². The summed E-state index contributed by atoms with van der Waals surface area (Å²) in [6, 6.07) is 0. The van der Waals surface area contributed by atoms with Crippen molar-refractivity contribution in [3.05, 3.63) is 0 Å². The fourth-order valence-electron chi connectivity index (χ4n) is 0. The molecule has 35 valence electrons. The average molecular weight is 276 g/mol. The molecular weight excluding hydrogens is 275 g/mol. The van der Waals surface area contributed by atoms with Crippen molar-refractivity contribution in [2.45, 2.75) is 0 Å². The van der Waals surface area contributed by atoms with E-state index in [4.69, 9.17) is 4.55 Å². The van der Waals surface area contributed by atoms with Crippen molar-refractivity contribution in [3.63, 3.8) is 0 Å². The molecule has 0 radical (unpaired) electrons. The van der Waals surface area contributed by atoms with Gasteiger partial charge in [-0.05, 0) is 0 Å². The number of hydrogen-bond donors (Lipinski definition) is 1. The predicted molar refractivity (Wildman–Crippen MR) is 11.5 cm³/mol. The van der Waals surface area contributed by atoms with Crippen LogP contribution in [-0.4, -0.2) is 13.0 Å². The molecule has 0 aliphatic heterocycles. The quantitative estimate of drug-likeness (QED) is 0.597. The molecule has 0 fully saturated rings. The molecule has 0 amide bonds. The van der Waals surface area contributed by atoms with Crippen LogP contribution in [0.5, 0.6) is 0 Å². The topological polar surface area (TPSA) is 54.4 Å². The van der Waals surface area contributed by atoms with Gasteiger partial charge >= 0.3 is 39.3 Å². The van der Waals surface area contributed by atoms with E-state index in [1.165, 1.54) is 0 Å². The van der Waals surface area contributed by atoms with Gasteiger partial charge < -0.3 is 0 Å². The first-order valence-corrected chi connectivity index (χ1v) is 4.72. The van der Waals surface area contributed by atoms with Crippen molar-refractivity contribution < 1.29 is 31.5 Å². The summed E-state index contributed by atoms with van der Waals surface area (Å²) >= 11 is 0.891. The summed E-state index contributed by atoms with van der Waals surface area (Å²) in [5, 5.41) is 0. The predicted octanol–water partition coefficient (Wildman–Crippen LogP) is -0.664. The monoisotopic (exact) mass is 276 g/mol. The van der Waals surface area contributed by atoms with Crippen molar-refractivity contribution in [1.82, 2.24) is 0 Å². The van der Waals surface area contributed by atoms with Gasteiger partial charge in [0, 0.05) is 0 Å². The van der Waals surface area contributed by atoms with Gasteiger partial charge in [-0.3, -0.25) is 0 Å². The van der Waals surface area contributed by atoms with E-state index in [0.717, 1.165) is 18.5 Å². The molecular formula is HO3PtS. The third-order valence-corrected chi connectivity index (χ3v) is 0. The molecule has 0 saturated heterocycles. The van der Waals surface area contributed by atoms with Crippen LogP contribution in [0.3, 0.4) is 0 Å². The molecule has 3 nitrogen and oxygen atoms in total. The zero-order chi connectivity index (χ0) is 4.50. The summed E-state index contributed by atoms with van der Waals surface area (Å²) in [6.45, 7) is 0. The third kappa shape index (κ3) is 86.7. The SMILES string of the molecule is O=[S](=O)(O)[Pt]. The Hall–Kier alpha value is 0.598. The van der Waals surface area contributed by atoms with E-state index in [1.807, 2.05) is 0 Å². The van der Waals surface area contributed by atoms with Crippen LogP contribution in [-0.2, 0) is 26.4 Å². The van der Waals surface area contributed by atoms with Gasteiger partial charge in [-0.2, -0.15) is 0 Å². The van der Waals surface area contributed by atoms with Gasteiger partial charge in [0.15, 0.2) is 0 Å². The van der Waals surface area contributed by atoms with E-state index in [1.54, 1.807) is 0 Å². The van der Waals surface area contributed by atoms with Crippen LogP contribution < -0.4 is 0 Å². The van der Waals surface area contributed by atoms with Crippen LogP contribution in [0.4, 0.5) is 0 Å². The molecule has 0 aliphatic carbocycles. The molecule has 0 aliphatic rings. The van der Waals surface area contributed by atoms with Crippen LogP contribution in [0.2, 0.25) is 0 Å². The van der Waals surface area contributed by atoms with Gasteiger partial charge in [0.25, 0.3) is 0 Å². The number of rotatable bonds is 0. The molecule has 0 aromatic carbocycles. The molecule has 0 rings (SSSR count). The Bertz CT molecular complexity index is 90.1. The Kier molecular flexibility index (Phi) is 1.53. The first kappa shape index (κ1) is 5.60. The molecule has 0 aromatic rings. The summed E-state index contributed by atoms with van der Waals surface area (Å²) in [6.07, 6.45) is 0. The molecule has 0 unspecified atom stereocenters. The van der Waals surface area contributed by atoms with Gasteiger partial charge in [0.2, 0.25) is 0 Å². The summed E-state index contributed by atoms with van der Waals surface area (Å²) in [5.41, 5.74) is 0. The van der Waals surface area contributed by atoms with Crippen LogP contribution >= 0.6 is 0 Å². The van der Waals surface area contributed by atoms with Gasteiger partial charge in [0.05, 0.1) is 0 Å². The molecule has 5 heteroatoms. The van der Waals surface area contributed by atoms with E-state index in [-0.39, 0.29) is 0 Å². The third-order valence-electron chi connectivity index (χ3n) is 0. The summed E-state index contributed by atoms with van der Waals surface area (Å²) in [5.74, 6) is 0. The fraction of sp³-hybridized carbons (Fsp3) is 0. The van der Waals surface area contributed by atoms with E-state index in [9.17, 15) is 8.42 Å². The molecule has 0 atom stereocenters. The van der Waals surface area contributed by atoms with Gasteiger partial charge in [0.1, 0.15) is 0 Å². The Morgan fingerprint density at radius 3 is 1.60 bits per heavy atom. The second-order valence-electron chi connectivity index (χ2n) is 0.380. The summed E-state index contributed by atoms with van der Waals surface area (Å²) in [7, 11) is -3.69. The minimum atomic E-state index is -3.69. The van der Waals surface area contributed by atoms with Crippen LogP contribution in [0.15, 0.2) is 0 Å². The normalized spacial score (nSPS) is 11.8. The van der Waals surface area contributed by atoms with Crippen molar-refractivity contribution in [1.29, 1.82) is 0 Å². The van der Waals surface area contributed by atoms with Crippen LogP contribution in [0, 0.1) is 0 Å². The van der Waals surface area contributed by atoms with Crippen LogP contribution in [0.25, 0.3) is 0 Å². The summed E-state index contributed by atoms with van der Waals surface area (Å²) in [4.78, 5) is 0. The van der Waals surface area contributed by atoms with E-state index >= 15 is 0 Å². The molecule has 0 spiro atoms. The van der Waals surface area contributed by atoms with Crippen LogP contribution in [0.1, 0.15) is 0 Å². The molecule has 0 saturated carbocycles. The molecule has 0 aromatic heterocycles. The first-order valence-electron chi connectivity index (χ1n) is 0.645. The van der Waals surface area contributed by atoms with Crippen molar-refractivity contribution in [2.75, 3.05) is 0 Å². The molecule has 0 bridgehead atoms. The Labute approximate surface area is 39.7 Å². The van der Waals surface area contributed by atoms with E-state index in [2.05, 4.69) is 0 Å². The standard InChI is InChI=1S/HO3S.Pt/c1-4(2)3;/h(H,1,2,3);. The zero-order valence-corrected chi connectivity index (χ0v) is 5.08. The second-order valence-corrected chi connectivity index (χ2v) is 4.66. The number of hydrogen-bond acceptors (Lipinski definition) is 2. The Balaban J connectivity index is 4.06. The summed E-state index contributed by atoms with van der Waals surface area (Å²) < 4.78 is 25.8. The molecule has 5 heavy (non-hydrogen) atoms. The maximum absolute atomic E-state index is 9.18. The molecule has 1 N–H and O–H groups in total. The molecule has 0 heterocycles. The second kappa shape index (κ2) is 1.37. The fourth-order valence-corrected chi connectivity index (χ4v) is 0. The van der Waals surface area contributed by atoms with Crippen molar-refractivity contribution in [2.24, 2.45) is 0 Å². The average Bonchev–Trinajstić information content (AvgIpc) is 0.722. The van der Waals surface area contributed by atoms with Gasteiger partial charge in [-0.15, -0.1) is 0 Å². The van der Waals surface area contributed by atoms with Crippen molar-refractivity contribution >= 4 is 7.82 Å². The Morgan fingerprint density at radius 2 is 1.60 bits per heavy atom. The maximum atomic E-state index is 9.18. The van der Waals surface area contributed by atoms with Crippen molar-refractivity contribution in [3.8, 4) is 0 Å². The minimum absolute atomic E-state index is 0.891. The first-order chi connectivity index (χ1) is 2.00. The van der Waals surface area contributed by atoms with E-state index in [0.29, 0.717) is 0 Å². The Morgan fingerprint density at radius 1 is 1.60 bits per heavy atom. The zero-order valence-electron chi connectivity index (χ0n) is 1.99. The van der Waals surface area contributed by atoms with Gasteiger partial charge in [-0.25, -0.2) is 0 Å². The van der Waals surface area contributed by atoms with E-state index < -0.39 is 7.82 Å².